The number of likely N-dealkylation sites (tertiary alicyclic amines) is 1. The highest BCUT2D eigenvalue weighted by atomic mass is 35.5. The van der Waals surface area contributed by atoms with Crippen LogP contribution < -0.4 is 5.73 Å². The summed E-state index contributed by atoms with van der Waals surface area (Å²) in [5.74, 6) is 0.0738. The molecule has 2 rings (SSSR count). The van der Waals surface area contributed by atoms with Crippen LogP contribution >= 0.6 is 12.4 Å². The minimum absolute atomic E-state index is 0. The fourth-order valence-electron chi connectivity index (χ4n) is 1.82. The molecular weight excluding hydrogens is 226 g/mol. The van der Waals surface area contributed by atoms with Gasteiger partial charge in [0.2, 0.25) is 0 Å². The Kier molecular flexibility index (Phi) is 4.86. The third kappa shape index (κ3) is 3.27. The van der Waals surface area contributed by atoms with Crippen LogP contribution in [0.25, 0.3) is 0 Å². The van der Waals surface area contributed by atoms with Gasteiger partial charge in [-0.15, -0.1) is 12.4 Å². The van der Waals surface area contributed by atoms with E-state index in [-0.39, 0.29) is 24.2 Å². The number of nitrogens with two attached hydrogens (primary N) is 1. The number of hydrogen-bond acceptors (Lipinski definition) is 4. The molecule has 0 bridgehead atoms. The Labute approximate surface area is 101 Å². The maximum Gasteiger partial charge on any atom is 0.195 e. The van der Waals surface area contributed by atoms with Gasteiger partial charge in [0.25, 0.3) is 0 Å². The zero-order chi connectivity index (χ0) is 10.7. The first-order valence-corrected chi connectivity index (χ1v) is 5.18. The Morgan fingerprint density at radius 2 is 2.38 bits per heavy atom. The van der Waals surface area contributed by atoms with Gasteiger partial charge in [-0.1, -0.05) is 6.07 Å². The Morgan fingerprint density at radius 3 is 2.94 bits per heavy atom. The van der Waals surface area contributed by atoms with Gasteiger partial charge in [-0.25, -0.2) is 0 Å². The zero-order valence-electron chi connectivity index (χ0n) is 9.00. The van der Waals surface area contributed by atoms with Crippen LogP contribution in [-0.2, 0) is 0 Å². The largest absolute Gasteiger partial charge is 0.326 e. The second-order valence-corrected chi connectivity index (χ2v) is 3.92. The van der Waals surface area contributed by atoms with Crippen LogP contribution in [0.4, 0.5) is 0 Å². The molecule has 2 heterocycles. The molecule has 0 amide bonds. The van der Waals surface area contributed by atoms with Gasteiger partial charge in [0.05, 0.1) is 6.54 Å². The van der Waals surface area contributed by atoms with Crippen molar-refractivity contribution in [3.05, 3.63) is 30.1 Å². The first-order valence-electron chi connectivity index (χ1n) is 5.18. The summed E-state index contributed by atoms with van der Waals surface area (Å²) in [6, 6.07) is 5.61. The van der Waals surface area contributed by atoms with E-state index in [0.29, 0.717) is 12.2 Å². The second kappa shape index (κ2) is 5.94. The highest BCUT2D eigenvalue weighted by Gasteiger charge is 2.21. The topological polar surface area (TPSA) is 59.2 Å². The van der Waals surface area contributed by atoms with E-state index >= 15 is 0 Å². The standard InChI is InChI=1S/C11H15N3O.ClH/c12-9-4-6-14(7-9)8-11(15)10-3-1-2-5-13-10;/h1-3,5,9H,4,6-8,12H2;1H. The highest BCUT2D eigenvalue weighted by Crippen LogP contribution is 2.07. The first kappa shape index (κ1) is 13.1. The summed E-state index contributed by atoms with van der Waals surface area (Å²) in [5, 5.41) is 0. The molecule has 1 saturated heterocycles. The lowest BCUT2D eigenvalue weighted by Crippen LogP contribution is -2.31. The molecule has 1 aromatic heterocycles. The molecule has 0 aromatic carbocycles. The van der Waals surface area contributed by atoms with Crippen molar-refractivity contribution in [2.75, 3.05) is 19.6 Å². The smallest absolute Gasteiger partial charge is 0.195 e. The molecule has 1 aliphatic heterocycles. The zero-order valence-corrected chi connectivity index (χ0v) is 9.82. The van der Waals surface area contributed by atoms with Crippen molar-refractivity contribution < 1.29 is 4.79 Å². The predicted molar refractivity (Wildman–Crippen MR) is 64.8 cm³/mol. The third-order valence-corrected chi connectivity index (χ3v) is 2.63. The fraction of sp³-hybridized carbons (Fsp3) is 0.455. The quantitative estimate of drug-likeness (QED) is 0.793. The number of carbonyl (C=O) groups excluding carboxylic acids is 1. The van der Waals surface area contributed by atoms with E-state index in [4.69, 9.17) is 5.73 Å². The van der Waals surface area contributed by atoms with Gasteiger partial charge in [0, 0.05) is 25.3 Å². The number of ketones is 1. The number of nitrogens with zero attached hydrogens (tertiary/aromatic N) is 2. The normalized spacial score (nSPS) is 20.4. The first-order chi connectivity index (χ1) is 7.25. The SMILES string of the molecule is Cl.NC1CCN(CC(=O)c2ccccn2)C1. The number of rotatable bonds is 3. The number of hydrogen-bond donors (Lipinski definition) is 1. The highest BCUT2D eigenvalue weighted by molar-refractivity contribution is 5.95. The van der Waals surface area contributed by atoms with Gasteiger partial charge in [0.1, 0.15) is 5.69 Å². The molecule has 0 saturated carbocycles. The molecule has 1 aromatic rings. The van der Waals surface area contributed by atoms with Crippen molar-refractivity contribution in [3.8, 4) is 0 Å². The third-order valence-electron chi connectivity index (χ3n) is 2.63. The lowest BCUT2D eigenvalue weighted by atomic mass is 10.2. The van der Waals surface area contributed by atoms with Crippen LogP contribution in [0, 0.1) is 0 Å². The summed E-state index contributed by atoms with van der Waals surface area (Å²) in [7, 11) is 0. The second-order valence-electron chi connectivity index (χ2n) is 3.92. The van der Waals surface area contributed by atoms with Crippen molar-refractivity contribution >= 4 is 18.2 Å². The molecule has 88 valence electrons. The van der Waals surface area contributed by atoms with Crippen LogP contribution in [0.5, 0.6) is 0 Å². The number of carbonyl (C=O) groups is 1. The van der Waals surface area contributed by atoms with E-state index in [0.717, 1.165) is 19.5 Å². The lowest BCUT2D eigenvalue weighted by Gasteiger charge is -2.13. The fourth-order valence-corrected chi connectivity index (χ4v) is 1.82. The molecule has 1 aliphatic rings. The molecule has 0 spiro atoms. The molecule has 1 atom stereocenters. The molecule has 1 unspecified atom stereocenters. The number of aromatic nitrogens is 1. The van der Waals surface area contributed by atoms with Gasteiger partial charge in [-0.3, -0.25) is 14.7 Å². The molecule has 2 N–H and O–H groups in total. The lowest BCUT2D eigenvalue weighted by molar-refractivity contribution is 0.0940. The number of Topliss-reactive ketones (excluding diaryl/α,β-unsaturated/α-hetero) is 1. The predicted octanol–water partition coefficient (Wildman–Crippen LogP) is 0.719. The molecular formula is C11H16ClN3O. The van der Waals surface area contributed by atoms with Crippen LogP contribution in [0.15, 0.2) is 24.4 Å². The van der Waals surface area contributed by atoms with Crippen LogP contribution in [0.1, 0.15) is 16.9 Å². The van der Waals surface area contributed by atoms with Crippen LogP contribution in [0.3, 0.4) is 0 Å². The summed E-state index contributed by atoms with van der Waals surface area (Å²) in [6.07, 6.45) is 2.62. The van der Waals surface area contributed by atoms with Gasteiger partial charge in [-0.2, -0.15) is 0 Å². The summed E-state index contributed by atoms with van der Waals surface area (Å²) in [4.78, 5) is 17.9. The van der Waals surface area contributed by atoms with Gasteiger partial charge >= 0.3 is 0 Å². The van der Waals surface area contributed by atoms with Crippen molar-refractivity contribution in [1.29, 1.82) is 0 Å². The average molecular weight is 242 g/mol. The Bertz CT molecular complexity index is 344. The van der Waals surface area contributed by atoms with Gasteiger partial charge in [-0.05, 0) is 18.6 Å². The monoisotopic (exact) mass is 241 g/mol. The van der Waals surface area contributed by atoms with E-state index in [9.17, 15) is 4.79 Å². The summed E-state index contributed by atoms with van der Waals surface area (Å²) >= 11 is 0. The minimum Gasteiger partial charge on any atom is -0.326 e. The minimum atomic E-state index is 0. The van der Waals surface area contributed by atoms with E-state index < -0.39 is 0 Å². The van der Waals surface area contributed by atoms with E-state index in [2.05, 4.69) is 9.88 Å². The molecule has 4 nitrogen and oxygen atoms in total. The molecule has 0 aliphatic carbocycles. The van der Waals surface area contributed by atoms with E-state index in [1.54, 1.807) is 12.3 Å². The van der Waals surface area contributed by atoms with Gasteiger partial charge < -0.3 is 5.73 Å². The summed E-state index contributed by atoms with van der Waals surface area (Å²) < 4.78 is 0. The summed E-state index contributed by atoms with van der Waals surface area (Å²) in [5.41, 5.74) is 6.31. The van der Waals surface area contributed by atoms with Crippen LogP contribution in [0.2, 0.25) is 0 Å². The average Bonchev–Trinajstić information content (AvgIpc) is 2.65. The van der Waals surface area contributed by atoms with Crippen LogP contribution in [-0.4, -0.2) is 41.3 Å². The van der Waals surface area contributed by atoms with E-state index in [1.807, 2.05) is 12.1 Å². The Balaban J connectivity index is 0.00000128. The van der Waals surface area contributed by atoms with Crippen molar-refractivity contribution in [1.82, 2.24) is 9.88 Å². The van der Waals surface area contributed by atoms with E-state index in [1.165, 1.54) is 0 Å². The Hall–Kier alpha value is -0.970. The number of pyridine rings is 1. The molecule has 1 fully saturated rings. The molecule has 0 radical (unpaired) electrons. The molecule has 16 heavy (non-hydrogen) atoms. The maximum absolute atomic E-state index is 11.8. The van der Waals surface area contributed by atoms with Gasteiger partial charge in [0.15, 0.2) is 5.78 Å². The molecule has 5 heteroatoms. The van der Waals surface area contributed by atoms with Crippen molar-refractivity contribution in [2.24, 2.45) is 5.73 Å². The van der Waals surface area contributed by atoms with Crippen molar-refractivity contribution in [2.45, 2.75) is 12.5 Å². The Morgan fingerprint density at radius 1 is 1.56 bits per heavy atom. The maximum atomic E-state index is 11.8. The summed E-state index contributed by atoms with van der Waals surface area (Å²) in [6.45, 7) is 2.17. The number of halogens is 1. The van der Waals surface area contributed by atoms with Crippen molar-refractivity contribution in [3.63, 3.8) is 0 Å².